The molecule has 4 rings (SSSR count). The monoisotopic (exact) mass is 475 g/mol. The van der Waals surface area contributed by atoms with E-state index in [1.807, 2.05) is 24.0 Å². The third-order valence-corrected chi connectivity index (χ3v) is 5.48. The van der Waals surface area contributed by atoms with Gasteiger partial charge in [0.1, 0.15) is 5.75 Å². The molecule has 1 atom stereocenters. The van der Waals surface area contributed by atoms with Crippen LogP contribution in [0.3, 0.4) is 0 Å². The van der Waals surface area contributed by atoms with Gasteiger partial charge >= 0.3 is 18.1 Å². The van der Waals surface area contributed by atoms with Gasteiger partial charge in [0.2, 0.25) is 5.82 Å². The quantitative estimate of drug-likeness (QED) is 0.404. The van der Waals surface area contributed by atoms with Crippen molar-refractivity contribution in [2.45, 2.75) is 38.5 Å². The van der Waals surface area contributed by atoms with Gasteiger partial charge in [-0.1, -0.05) is 5.16 Å². The lowest BCUT2D eigenvalue weighted by Crippen LogP contribution is -2.32. The summed E-state index contributed by atoms with van der Waals surface area (Å²) in [5, 5.41) is 3.37. The first-order chi connectivity index (χ1) is 16.3. The summed E-state index contributed by atoms with van der Waals surface area (Å²) in [5.74, 6) is -0.915. The molecular formula is C23H24F3N5O3. The smallest absolute Gasteiger partial charge is 0.471 e. The Bertz CT molecular complexity index is 1090. The number of carbonyl (C=O) groups is 1. The second kappa shape index (κ2) is 10.1. The molecule has 0 aliphatic carbocycles. The number of aromatic nitrogens is 3. The number of ether oxygens (including phenoxy) is 1. The van der Waals surface area contributed by atoms with Crippen molar-refractivity contribution in [2.24, 2.45) is 0 Å². The number of hydrogen-bond donors (Lipinski definition) is 0. The van der Waals surface area contributed by atoms with Crippen LogP contribution in [0, 0.1) is 0 Å². The van der Waals surface area contributed by atoms with Gasteiger partial charge in [-0.2, -0.15) is 18.2 Å². The van der Waals surface area contributed by atoms with Crippen LogP contribution in [0.4, 0.5) is 23.7 Å². The first-order valence-electron chi connectivity index (χ1n) is 11.0. The van der Waals surface area contributed by atoms with Crippen LogP contribution in [0.1, 0.15) is 32.1 Å². The number of halogens is 3. The van der Waals surface area contributed by atoms with Gasteiger partial charge in [0.25, 0.3) is 0 Å². The number of pyridine rings is 1. The Morgan fingerprint density at radius 1 is 1.09 bits per heavy atom. The minimum absolute atomic E-state index is 0.0135. The summed E-state index contributed by atoms with van der Waals surface area (Å²) in [6.07, 6.45) is 1.17. The van der Waals surface area contributed by atoms with Crippen molar-refractivity contribution in [3.05, 3.63) is 54.7 Å². The summed E-state index contributed by atoms with van der Waals surface area (Å²) < 4.78 is 48.0. The van der Waals surface area contributed by atoms with Crippen LogP contribution in [0.2, 0.25) is 0 Å². The number of hydrogen-bond acceptors (Lipinski definition) is 6. The number of benzene rings is 1. The van der Waals surface area contributed by atoms with E-state index < -0.39 is 12.1 Å². The third-order valence-electron chi connectivity index (χ3n) is 5.48. The van der Waals surface area contributed by atoms with Crippen LogP contribution in [0.5, 0.6) is 5.75 Å². The van der Waals surface area contributed by atoms with Crippen molar-refractivity contribution in [1.29, 1.82) is 0 Å². The van der Waals surface area contributed by atoms with Gasteiger partial charge in [0.15, 0.2) is 0 Å². The van der Waals surface area contributed by atoms with Crippen LogP contribution >= 0.6 is 0 Å². The Labute approximate surface area is 194 Å². The molecule has 1 unspecified atom stereocenters. The summed E-state index contributed by atoms with van der Waals surface area (Å²) in [6.45, 7) is 4.01. The Hall–Kier alpha value is -3.63. The lowest BCUT2D eigenvalue weighted by atomic mass is 10.1. The van der Waals surface area contributed by atoms with Crippen molar-refractivity contribution in [3.8, 4) is 17.1 Å². The SMILES string of the molecule is CC(CCCCN1CCN(c2ccncc2)C1=O)Oc1ccc(-c2noc(C(F)(F)F)n2)cc1. The topological polar surface area (TPSA) is 84.6 Å². The zero-order valence-corrected chi connectivity index (χ0v) is 18.5. The average molecular weight is 475 g/mol. The number of unbranched alkanes of at least 4 members (excludes halogenated alkanes) is 1. The zero-order chi connectivity index (χ0) is 24.1. The van der Waals surface area contributed by atoms with Gasteiger partial charge < -0.3 is 14.2 Å². The lowest BCUT2D eigenvalue weighted by Gasteiger charge is -2.19. The largest absolute Gasteiger partial charge is 0.491 e. The fraction of sp³-hybridized carbons (Fsp3) is 0.391. The van der Waals surface area contributed by atoms with Gasteiger partial charge in [0, 0.05) is 43.3 Å². The third kappa shape index (κ3) is 5.64. The Morgan fingerprint density at radius 2 is 1.82 bits per heavy atom. The predicted molar refractivity (Wildman–Crippen MR) is 117 cm³/mol. The van der Waals surface area contributed by atoms with E-state index in [0.717, 1.165) is 24.9 Å². The number of anilines is 1. The Morgan fingerprint density at radius 3 is 2.50 bits per heavy atom. The van der Waals surface area contributed by atoms with Gasteiger partial charge in [0.05, 0.1) is 6.10 Å². The second-order valence-electron chi connectivity index (χ2n) is 8.00. The van der Waals surface area contributed by atoms with E-state index in [9.17, 15) is 18.0 Å². The molecule has 1 aliphatic heterocycles. The molecule has 1 fully saturated rings. The first kappa shape index (κ1) is 23.5. The molecule has 1 aromatic carbocycles. The molecule has 3 heterocycles. The van der Waals surface area contributed by atoms with Gasteiger partial charge in [-0.25, -0.2) is 4.79 Å². The van der Waals surface area contributed by atoms with E-state index in [1.165, 1.54) is 0 Å². The van der Waals surface area contributed by atoms with Crippen molar-refractivity contribution in [2.75, 3.05) is 24.5 Å². The average Bonchev–Trinajstić information content (AvgIpc) is 3.45. The summed E-state index contributed by atoms with van der Waals surface area (Å²) >= 11 is 0. The van der Waals surface area contributed by atoms with E-state index in [4.69, 9.17) is 4.74 Å². The van der Waals surface area contributed by atoms with Crippen LogP contribution in [0.25, 0.3) is 11.4 Å². The molecule has 0 N–H and O–H groups in total. The summed E-state index contributed by atoms with van der Waals surface area (Å²) in [6, 6.07) is 10.2. The second-order valence-corrected chi connectivity index (χ2v) is 8.00. The highest BCUT2D eigenvalue weighted by molar-refractivity contribution is 5.93. The fourth-order valence-corrected chi connectivity index (χ4v) is 3.72. The van der Waals surface area contributed by atoms with Crippen molar-refractivity contribution in [3.63, 3.8) is 0 Å². The molecular weight excluding hydrogens is 451 g/mol. The molecule has 0 spiro atoms. The molecule has 0 saturated carbocycles. The Kier molecular flexibility index (Phi) is 6.99. The lowest BCUT2D eigenvalue weighted by molar-refractivity contribution is -0.159. The minimum Gasteiger partial charge on any atom is -0.491 e. The summed E-state index contributed by atoms with van der Waals surface area (Å²) in [5.41, 5.74) is 1.26. The van der Waals surface area contributed by atoms with E-state index in [1.54, 1.807) is 41.6 Å². The highest BCUT2D eigenvalue weighted by Crippen LogP contribution is 2.30. The molecule has 0 radical (unpaired) electrons. The molecule has 0 bridgehead atoms. The molecule has 11 heteroatoms. The summed E-state index contributed by atoms with van der Waals surface area (Å²) in [4.78, 5) is 23.6. The highest BCUT2D eigenvalue weighted by atomic mass is 19.4. The molecule has 2 amide bonds. The van der Waals surface area contributed by atoms with Crippen LogP contribution in [-0.2, 0) is 6.18 Å². The maximum absolute atomic E-state index is 12.6. The number of alkyl halides is 3. The maximum atomic E-state index is 12.6. The Balaban J connectivity index is 1.19. The molecule has 2 aromatic heterocycles. The molecule has 8 nitrogen and oxygen atoms in total. The molecule has 34 heavy (non-hydrogen) atoms. The molecule has 3 aromatic rings. The highest BCUT2D eigenvalue weighted by Gasteiger charge is 2.38. The van der Waals surface area contributed by atoms with E-state index in [0.29, 0.717) is 30.9 Å². The normalized spacial score (nSPS) is 15.1. The molecule has 1 saturated heterocycles. The van der Waals surface area contributed by atoms with Crippen molar-refractivity contribution < 1.29 is 27.2 Å². The number of rotatable bonds is 9. The van der Waals surface area contributed by atoms with Crippen LogP contribution in [-0.4, -0.2) is 51.8 Å². The number of nitrogens with zero attached hydrogens (tertiary/aromatic N) is 5. The standard InChI is InChI=1S/C23H24F3N5O3/c1-16(4-2-3-13-30-14-15-31(22(30)32)18-9-11-27-12-10-18)33-19-7-5-17(6-8-19)20-28-21(34-29-20)23(24,25)26/h5-12,16H,2-4,13-15H2,1H3. The van der Waals surface area contributed by atoms with E-state index >= 15 is 0 Å². The fourth-order valence-electron chi connectivity index (χ4n) is 3.72. The van der Waals surface area contributed by atoms with Crippen molar-refractivity contribution >= 4 is 11.7 Å². The minimum atomic E-state index is -4.68. The van der Waals surface area contributed by atoms with Gasteiger partial charge in [-0.05, 0) is 62.6 Å². The van der Waals surface area contributed by atoms with Crippen molar-refractivity contribution in [1.82, 2.24) is 20.0 Å². The van der Waals surface area contributed by atoms with E-state index in [2.05, 4.69) is 19.6 Å². The number of urea groups is 1. The number of amides is 2. The maximum Gasteiger partial charge on any atom is 0.471 e. The van der Waals surface area contributed by atoms with Crippen LogP contribution < -0.4 is 9.64 Å². The van der Waals surface area contributed by atoms with Gasteiger partial charge in [-0.15, -0.1) is 0 Å². The number of carbonyl (C=O) groups excluding carboxylic acids is 1. The first-order valence-corrected chi connectivity index (χ1v) is 11.0. The van der Waals surface area contributed by atoms with Crippen LogP contribution in [0.15, 0.2) is 53.3 Å². The summed E-state index contributed by atoms with van der Waals surface area (Å²) in [7, 11) is 0. The van der Waals surface area contributed by atoms with E-state index in [-0.39, 0.29) is 18.0 Å². The predicted octanol–water partition coefficient (Wildman–Crippen LogP) is 5.03. The zero-order valence-electron chi connectivity index (χ0n) is 18.5. The van der Waals surface area contributed by atoms with Gasteiger partial charge in [-0.3, -0.25) is 9.88 Å². The molecule has 1 aliphatic rings. The molecule has 180 valence electrons.